The summed E-state index contributed by atoms with van der Waals surface area (Å²) >= 11 is 0. The normalized spacial score (nSPS) is 28.3. The van der Waals surface area contributed by atoms with Gasteiger partial charge in [-0.05, 0) is 38.6 Å². The Balaban J connectivity index is 2.19. The van der Waals surface area contributed by atoms with Gasteiger partial charge in [0.15, 0.2) is 0 Å². The Labute approximate surface area is 88.6 Å². The fraction of sp³-hybridized carbons (Fsp3) is 1.00. The first-order valence-electron chi connectivity index (χ1n) is 5.97. The van der Waals surface area contributed by atoms with Gasteiger partial charge in [0.05, 0.1) is 6.61 Å². The largest absolute Gasteiger partial charge is 0.383 e. The van der Waals surface area contributed by atoms with E-state index in [9.17, 15) is 0 Å². The van der Waals surface area contributed by atoms with E-state index in [1.54, 1.807) is 7.11 Å². The van der Waals surface area contributed by atoms with Gasteiger partial charge in [0.25, 0.3) is 0 Å². The zero-order chi connectivity index (χ0) is 10.4. The van der Waals surface area contributed by atoms with E-state index in [-0.39, 0.29) is 0 Å². The SMILES string of the molecule is CC[C@H]1CC[C@@H](N(C)CCOC)CC1. The minimum atomic E-state index is 0.813. The Bertz CT molecular complexity index is 141. The lowest BCUT2D eigenvalue weighted by Crippen LogP contribution is -2.37. The monoisotopic (exact) mass is 199 g/mol. The Morgan fingerprint density at radius 2 is 1.86 bits per heavy atom. The van der Waals surface area contributed by atoms with Crippen molar-refractivity contribution in [1.82, 2.24) is 4.90 Å². The van der Waals surface area contributed by atoms with Crippen LogP contribution in [0.1, 0.15) is 39.0 Å². The van der Waals surface area contributed by atoms with Crippen LogP contribution in [0.3, 0.4) is 0 Å². The lowest BCUT2D eigenvalue weighted by Gasteiger charge is -2.34. The average molecular weight is 199 g/mol. The highest BCUT2D eigenvalue weighted by molar-refractivity contribution is 4.77. The molecule has 0 spiro atoms. The first kappa shape index (κ1) is 12.0. The number of hydrogen-bond donors (Lipinski definition) is 0. The number of hydrogen-bond acceptors (Lipinski definition) is 2. The molecule has 0 saturated heterocycles. The van der Waals surface area contributed by atoms with Crippen LogP contribution in [-0.4, -0.2) is 38.3 Å². The maximum atomic E-state index is 5.10. The summed E-state index contributed by atoms with van der Waals surface area (Å²) in [4.78, 5) is 2.47. The van der Waals surface area contributed by atoms with E-state index in [1.807, 2.05) is 0 Å². The summed E-state index contributed by atoms with van der Waals surface area (Å²) in [5.41, 5.74) is 0. The minimum Gasteiger partial charge on any atom is -0.383 e. The van der Waals surface area contributed by atoms with E-state index < -0.39 is 0 Å². The number of ether oxygens (including phenoxy) is 1. The van der Waals surface area contributed by atoms with Gasteiger partial charge < -0.3 is 9.64 Å². The summed E-state index contributed by atoms with van der Waals surface area (Å²) in [6, 6.07) is 0.813. The predicted molar refractivity (Wildman–Crippen MR) is 60.5 cm³/mol. The lowest BCUT2D eigenvalue weighted by molar-refractivity contribution is 0.113. The van der Waals surface area contributed by atoms with Crippen molar-refractivity contribution in [1.29, 1.82) is 0 Å². The zero-order valence-corrected chi connectivity index (χ0v) is 9.96. The van der Waals surface area contributed by atoms with E-state index in [4.69, 9.17) is 4.74 Å². The summed E-state index contributed by atoms with van der Waals surface area (Å²) in [5, 5.41) is 0. The molecule has 14 heavy (non-hydrogen) atoms. The van der Waals surface area contributed by atoms with Gasteiger partial charge in [-0.25, -0.2) is 0 Å². The van der Waals surface area contributed by atoms with Gasteiger partial charge in [0.2, 0.25) is 0 Å². The van der Waals surface area contributed by atoms with Crippen LogP contribution >= 0.6 is 0 Å². The predicted octanol–water partition coefficient (Wildman–Crippen LogP) is 2.53. The molecule has 1 rings (SSSR count). The molecule has 0 bridgehead atoms. The van der Waals surface area contributed by atoms with E-state index in [1.165, 1.54) is 32.1 Å². The number of likely N-dealkylation sites (N-methyl/N-ethyl adjacent to an activating group) is 1. The third kappa shape index (κ3) is 3.58. The smallest absolute Gasteiger partial charge is 0.0589 e. The molecular formula is C12H25NO. The lowest BCUT2D eigenvalue weighted by atomic mass is 9.84. The van der Waals surface area contributed by atoms with E-state index in [0.717, 1.165) is 25.1 Å². The molecule has 0 amide bonds. The van der Waals surface area contributed by atoms with Crippen molar-refractivity contribution in [2.24, 2.45) is 5.92 Å². The van der Waals surface area contributed by atoms with Gasteiger partial charge in [0.1, 0.15) is 0 Å². The fourth-order valence-corrected chi connectivity index (χ4v) is 2.41. The molecule has 1 aliphatic carbocycles. The van der Waals surface area contributed by atoms with Crippen LogP contribution in [0.5, 0.6) is 0 Å². The number of methoxy groups -OCH3 is 1. The maximum absolute atomic E-state index is 5.10. The van der Waals surface area contributed by atoms with Crippen LogP contribution in [0.2, 0.25) is 0 Å². The highest BCUT2D eigenvalue weighted by Crippen LogP contribution is 2.28. The molecule has 2 heteroatoms. The molecule has 0 aliphatic heterocycles. The van der Waals surface area contributed by atoms with Crippen molar-refractivity contribution in [2.75, 3.05) is 27.3 Å². The molecule has 84 valence electrons. The van der Waals surface area contributed by atoms with Crippen LogP contribution < -0.4 is 0 Å². The summed E-state index contributed by atoms with van der Waals surface area (Å²) in [7, 11) is 4.01. The zero-order valence-electron chi connectivity index (χ0n) is 9.96. The Hall–Kier alpha value is -0.0800. The van der Waals surface area contributed by atoms with Crippen molar-refractivity contribution in [3.63, 3.8) is 0 Å². The third-order valence-electron chi connectivity index (χ3n) is 3.67. The van der Waals surface area contributed by atoms with Crippen LogP contribution in [0.25, 0.3) is 0 Å². The van der Waals surface area contributed by atoms with E-state index in [2.05, 4.69) is 18.9 Å². The minimum absolute atomic E-state index is 0.813. The fourth-order valence-electron chi connectivity index (χ4n) is 2.41. The molecule has 1 saturated carbocycles. The van der Waals surface area contributed by atoms with Gasteiger partial charge in [0, 0.05) is 19.7 Å². The molecule has 2 nitrogen and oxygen atoms in total. The van der Waals surface area contributed by atoms with Crippen LogP contribution in [0, 0.1) is 5.92 Å². The molecule has 0 heterocycles. The van der Waals surface area contributed by atoms with Gasteiger partial charge >= 0.3 is 0 Å². The van der Waals surface area contributed by atoms with E-state index >= 15 is 0 Å². The van der Waals surface area contributed by atoms with Crippen LogP contribution in [0.4, 0.5) is 0 Å². The molecule has 0 atom stereocenters. The van der Waals surface area contributed by atoms with Crippen LogP contribution in [0.15, 0.2) is 0 Å². The maximum Gasteiger partial charge on any atom is 0.0589 e. The summed E-state index contributed by atoms with van der Waals surface area (Å²) in [6.07, 6.45) is 7.00. The van der Waals surface area contributed by atoms with Crippen LogP contribution in [-0.2, 0) is 4.74 Å². The van der Waals surface area contributed by atoms with E-state index in [0.29, 0.717) is 0 Å². The highest BCUT2D eigenvalue weighted by Gasteiger charge is 2.22. The topological polar surface area (TPSA) is 12.5 Å². The van der Waals surface area contributed by atoms with Gasteiger partial charge in [-0.1, -0.05) is 13.3 Å². The summed E-state index contributed by atoms with van der Waals surface area (Å²) in [6.45, 7) is 4.27. The Kier molecular flexibility index (Phi) is 5.49. The molecular weight excluding hydrogens is 174 g/mol. The van der Waals surface area contributed by atoms with Crippen molar-refractivity contribution in [2.45, 2.75) is 45.1 Å². The molecule has 0 aromatic carbocycles. The third-order valence-corrected chi connectivity index (χ3v) is 3.67. The summed E-state index contributed by atoms with van der Waals surface area (Å²) < 4.78 is 5.10. The molecule has 0 aromatic heterocycles. The van der Waals surface area contributed by atoms with Gasteiger partial charge in [-0.3, -0.25) is 0 Å². The van der Waals surface area contributed by atoms with Crippen molar-refractivity contribution < 1.29 is 4.74 Å². The second-order valence-corrected chi connectivity index (χ2v) is 4.56. The second-order valence-electron chi connectivity index (χ2n) is 4.56. The quantitative estimate of drug-likeness (QED) is 0.674. The first-order valence-corrected chi connectivity index (χ1v) is 5.97. The van der Waals surface area contributed by atoms with Crippen molar-refractivity contribution >= 4 is 0 Å². The standard InChI is InChI=1S/C12H25NO/c1-4-11-5-7-12(8-6-11)13(2)9-10-14-3/h11-12H,4-10H2,1-3H3/t11-,12+. The number of nitrogens with zero attached hydrogens (tertiary/aromatic N) is 1. The molecule has 0 N–H and O–H groups in total. The van der Waals surface area contributed by atoms with Crippen molar-refractivity contribution in [3.8, 4) is 0 Å². The van der Waals surface area contributed by atoms with Crippen molar-refractivity contribution in [3.05, 3.63) is 0 Å². The highest BCUT2D eigenvalue weighted by atomic mass is 16.5. The molecule has 0 aromatic rings. The molecule has 0 radical (unpaired) electrons. The average Bonchev–Trinajstić information content (AvgIpc) is 2.26. The summed E-state index contributed by atoms with van der Waals surface area (Å²) in [5.74, 6) is 1.00. The van der Waals surface area contributed by atoms with Gasteiger partial charge in [-0.15, -0.1) is 0 Å². The Morgan fingerprint density at radius 1 is 1.21 bits per heavy atom. The second kappa shape index (κ2) is 6.41. The molecule has 1 fully saturated rings. The first-order chi connectivity index (χ1) is 6.77. The molecule has 0 unspecified atom stereocenters. The van der Waals surface area contributed by atoms with Gasteiger partial charge in [-0.2, -0.15) is 0 Å². The Morgan fingerprint density at radius 3 is 2.36 bits per heavy atom. The molecule has 1 aliphatic rings. The number of rotatable bonds is 5.